The molecule has 0 saturated carbocycles. The summed E-state index contributed by atoms with van der Waals surface area (Å²) in [4.78, 5) is 23.5. The van der Waals surface area contributed by atoms with Gasteiger partial charge in [0.15, 0.2) is 17.3 Å². The summed E-state index contributed by atoms with van der Waals surface area (Å²) >= 11 is 0. The van der Waals surface area contributed by atoms with Crippen LogP contribution in [0.4, 0.5) is 9.18 Å². The summed E-state index contributed by atoms with van der Waals surface area (Å²) < 4.78 is 28.1. The number of hydrogen-bond acceptors (Lipinski definition) is 5. The van der Waals surface area contributed by atoms with Crippen LogP contribution in [0.5, 0.6) is 11.5 Å². The number of fused-ring (bicyclic) bond motifs is 2. The van der Waals surface area contributed by atoms with Gasteiger partial charge in [-0.05, 0) is 48.7 Å². The van der Waals surface area contributed by atoms with Crippen molar-refractivity contribution in [3.05, 3.63) is 58.9 Å². The van der Waals surface area contributed by atoms with Crippen molar-refractivity contribution in [1.82, 2.24) is 0 Å². The number of carbonyl (C=O) groups excluding carboxylic acids is 1. The van der Waals surface area contributed by atoms with Crippen molar-refractivity contribution in [3.8, 4) is 11.5 Å². The Morgan fingerprint density at radius 1 is 1.24 bits per heavy atom. The van der Waals surface area contributed by atoms with Crippen LogP contribution in [0.15, 0.2) is 36.4 Å². The molecule has 1 aliphatic heterocycles. The Bertz CT molecular complexity index is 891. The fraction of sp³-hybridized carbons (Fsp3) is 0.222. The van der Waals surface area contributed by atoms with Gasteiger partial charge >= 0.3 is 12.6 Å². The van der Waals surface area contributed by atoms with Crippen molar-refractivity contribution in [3.63, 3.8) is 0 Å². The zero-order chi connectivity index (χ0) is 17.8. The van der Waals surface area contributed by atoms with E-state index in [1.807, 2.05) is 6.92 Å². The molecule has 6 nitrogen and oxygen atoms in total. The van der Waals surface area contributed by atoms with Crippen LogP contribution < -0.4 is 9.47 Å². The number of ketones is 1. The van der Waals surface area contributed by atoms with Gasteiger partial charge in [-0.15, -0.1) is 0 Å². The number of halogens is 1. The Morgan fingerprint density at radius 3 is 2.52 bits per heavy atom. The minimum atomic E-state index is -1.52. The molecule has 0 bridgehead atoms. The zero-order valence-corrected chi connectivity index (χ0v) is 13.1. The van der Waals surface area contributed by atoms with Gasteiger partial charge in [0.05, 0.1) is 5.41 Å². The SMILES string of the molecule is CC1(c2ccc(F)cc2)Cc2cc3c(cc2C1=O)OC(OC(=O)O)O3. The van der Waals surface area contributed by atoms with Crippen LogP contribution in [0.1, 0.15) is 28.4 Å². The Labute approximate surface area is 141 Å². The third kappa shape index (κ3) is 2.39. The van der Waals surface area contributed by atoms with E-state index in [1.54, 1.807) is 18.2 Å². The molecule has 0 saturated heterocycles. The summed E-state index contributed by atoms with van der Waals surface area (Å²) in [6.07, 6.45) is -1.10. The van der Waals surface area contributed by atoms with Crippen LogP contribution in [-0.2, 0) is 16.6 Å². The van der Waals surface area contributed by atoms with E-state index >= 15 is 0 Å². The maximum atomic E-state index is 13.2. The number of hydrogen-bond donors (Lipinski definition) is 1. The standard InChI is InChI=1S/C18H13FO6/c1-18(10-2-4-11(19)5-3-10)8-9-6-13-14(7-12(9)15(18)20)24-17(23-13)25-16(21)22/h2-7,17H,8H2,1H3,(H,21,22). The van der Waals surface area contributed by atoms with Gasteiger partial charge in [0.25, 0.3) is 0 Å². The molecule has 1 aliphatic carbocycles. The number of Topliss-reactive ketones (excluding diaryl/α,β-unsaturated/α-hetero) is 1. The number of rotatable bonds is 2. The fourth-order valence-corrected chi connectivity index (χ4v) is 3.31. The van der Waals surface area contributed by atoms with Crippen LogP contribution in [0.2, 0.25) is 0 Å². The second-order valence-electron chi connectivity index (χ2n) is 6.21. The third-order valence-electron chi connectivity index (χ3n) is 4.58. The lowest BCUT2D eigenvalue weighted by Gasteiger charge is -2.22. The molecule has 2 aromatic rings. The van der Waals surface area contributed by atoms with Gasteiger partial charge in [-0.25, -0.2) is 9.18 Å². The Morgan fingerprint density at radius 2 is 1.88 bits per heavy atom. The lowest BCUT2D eigenvalue weighted by molar-refractivity contribution is -0.147. The van der Waals surface area contributed by atoms with Crippen LogP contribution in [-0.4, -0.2) is 23.5 Å². The molecule has 1 N–H and O–H groups in total. The molecule has 2 unspecified atom stereocenters. The first-order valence-electron chi connectivity index (χ1n) is 7.57. The lowest BCUT2D eigenvalue weighted by Crippen LogP contribution is -2.29. The summed E-state index contributed by atoms with van der Waals surface area (Å²) in [6.45, 7) is 0.430. The van der Waals surface area contributed by atoms with Crippen LogP contribution in [0.3, 0.4) is 0 Å². The Hall–Kier alpha value is -3.09. The highest BCUT2D eigenvalue weighted by molar-refractivity contribution is 6.08. The zero-order valence-electron chi connectivity index (χ0n) is 13.1. The number of carboxylic acid groups (broad SMARTS) is 1. The predicted molar refractivity (Wildman–Crippen MR) is 82.4 cm³/mol. The first-order chi connectivity index (χ1) is 11.9. The normalized spacial score (nSPS) is 23.4. The van der Waals surface area contributed by atoms with Crippen LogP contribution >= 0.6 is 0 Å². The summed E-state index contributed by atoms with van der Waals surface area (Å²) in [5.74, 6) is 0.103. The van der Waals surface area contributed by atoms with Gasteiger partial charge in [-0.2, -0.15) is 0 Å². The fourth-order valence-electron chi connectivity index (χ4n) is 3.31. The lowest BCUT2D eigenvalue weighted by atomic mass is 9.79. The van der Waals surface area contributed by atoms with Crippen molar-refractivity contribution >= 4 is 11.9 Å². The molecule has 2 aliphatic rings. The Kier molecular flexibility index (Phi) is 3.21. The molecule has 128 valence electrons. The van der Waals surface area contributed by atoms with Crippen molar-refractivity contribution in [1.29, 1.82) is 0 Å². The highest BCUT2D eigenvalue weighted by atomic mass is 19.1. The molecule has 2 aromatic carbocycles. The maximum absolute atomic E-state index is 13.2. The summed E-state index contributed by atoms with van der Waals surface area (Å²) in [7, 11) is 0. The molecule has 0 fully saturated rings. The molecule has 2 atom stereocenters. The second kappa shape index (κ2) is 5.20. The molecule has 7 heteroatoms. The topological polar surface area (TPSA) is 82.1 Å². The summed E-state index contributed by atoms with van der Waals surface area (Å²) in [5.41, 5.74) is 1.16. The van der Waals surface area contributed by atoms with Gasteiger partial charge in [0.1, 0.15) is 5.82 Å². The molecule has 0 spiro atoms. The highest BCUT2D eigenvalue weighted by Crippen LogP contribution is 2.45. The first-order valence-corrected chi connectivity index (χ1v) is 7.57. The predicted octanol–water partition coefficient (Wildman–Crippen LogP) is 3.27. The average molecular weight is 344 g/mol. The molecule has 4 rings (SSSR count). The van der Waals surface area contributed by atoms with E-state index in [0.29, 0.717) is 17.7 Å². The molecule has 0 amide bonds. The number of ether oxygens (including phenoxy) is 3. The van der Waals surface area contributed by atoms with Gasteiger partial charge in [0.2, 0.25) is 0 Å². The van der Waals surface area contributed by atoms with Crippen LogP contribution in [0, 0.1) is 5.82 Å². The van der Waals surface area contributed by atoms with E-state index in [2.05, 4.69) is 4.74 Å². The second-order valence-corrected chi connectivity index (χ2v) is 6.21. The number of benzene rings is 2. The van der Waals surface area contributed by atoms with E-state index in [4.69, 9.17) is 14.6 Å². The molecular weight excluding hydrogens is 331 g/mol. The monoisotopic (exact) mass is 344 g/mol. The Balaban J connectivity index is 1.66. The minimum absolute atomic E-state index is 0.108. The molecular formula is C18H13FO6. The molecule has 1 heterocycles. The van der Waals surface area contributed by atoms with E-state index in [1.165, 1.54) is 18.2 Å². The van der Waals surface area contributed by atoms with Gasteiger partial charge in [0, 0.05) is 5.56 Å². The van der Waals surface area contributed by atoms with E-state index < -0.39 is 18.0 Å². The highest BCUT2D eigenvalue weighted by Gasteiger charge is 2.44. The van der Waals surface area contributed by atoms with Crippen LogP contribution in [0.25, 0.3) is 0 Å². The molecule has 0 aromatic heterocycles. The van der Waals surface area contributed by atoms with Crippen molar-refractivity contribution < 1.29 is 33.3 Å². The number of carbonyl (C=O) groups is 2. The third-order valence-corrected chi connectivity index (χ3v) is 4.58. The quantitative estimate of drug-likeness (QED) is 0.842. The van der Waals surface area contributed by atoms with Crippen molar-refractivity contribution in [2.45, 2.75) is 25.2 Å². The van der Waals surface area contributed by atoms with Gasteiger partial charge in [-0.1, -0.05) is 12.1 Å². The first kappa shape index (κ1) is 15.4. The van der Waals surface area contributed by atoms with Crippen molar-refractivity contribution in [2.24, 2.45) is 0 Å². The smallest absolute Gasteiger partial charge is 0.450 e. The maximum Gasteiger partial charge on any atom is 0.511 e. The van der Waals surface area contributed by atoms with E-state index in [0.717, 1.165) is 11.1 Å². The van der Waals surface area contributed by atoms with Gasteiger partial charge in [-0.3, -0.25) is 4.79 Å². The summed E-state index contributed by atoms with van der Waals surface area (Å²) in [6, 6.07) is 9.07. The largest absolute Gasteiger partial charge is 0.511 e. The van der Waals surface area contributed by atoms with Crippen molar-refractivity contribution in [2.75, 3.05) is 0 Å². The molecule has 25 heavy (non-hydrogen) atoms. The average Bonchev–Trinajstić information content (AvgIpc) is 3.04. The molecule has 0 radical (unpaired) electrons. The minimum Gasteiger partial charge on any atom is -0.450 e. The summed E-state index contributed by atoms with van der Waals surface area (Å²) in [5, 5.41) is 8.61. The van der Waals surface area contributed by atoms with E-state index in [9.17, 15) is 14.0 Å². The van der Waals surface area contributed by atoms with E-state index in [-0.39, 0.29) is 17.3 Å². The van der Waals surface area contributed by atoms with Gasteiger partial charge < -0.3 is 19.3 Å².